The minimum Gasteiger partial charge on any atom is -0.374 e. The first-order valence-electron chi connectivity index (χ1n) is 9.09. The van der Waals surface area contributed by atoms with E-state index in [0.717, 1.165) is 27.7 Å². The van der Waals surface area contributed by atoms with Gasteiger partial charge in [-0.3, -0.25) is 9.67 Å². The standard InChI is InChI=1S/C20H21N7O/c1-4-28-13(2)14-8-20(26-22-10-14)25-19-6-5-17-18(24-19)7-15(9-21-17)16-11-23-27(3)12-16/h5-13H,4H2,1-3H3,(H,24,25,26). The van der Waals surface area contributed by atoms with Crippen molar-refractivity contribution in [1.82, 2.24) is 29.9 Å². The molecular weight excluding hydrogens is 354 g/mol. The maximum atomic E-state index is 5.62. The fourth-order valence-electron chi connectivity index (χ4n) is 2.95. The molecule has 0 aliphatic rings. The maximum absolute atomic E-state index is 5.62. The van der Waals surface area contributed by atoms with Gasteiger partial charge in [0.15, 0.2) is 5.82 Å². The molecule has 0 bridgehead atoms. The van der Waals surface area contributed by atoms with Crippen LogP contribution in [0.5, 0.6) is 0 Å². The van der Waals surface area contributed by atoms with E-state index < -0.39 is 0 Å². The Morgan fingerprint density at radius 3 is 2.75 bits per heavy atom. The zero-order valence-corrected chi connectivity index (χ0v) is 16.0. The van der Waals surface area contributed by atoms with E-state index in [9.17, 15) is 0 Å². The lowest BCUT2D eigenvalue weighted by atomic mass is 10.1. The second-order valence-corrected chi connectivity index (χ2v) is 6.46. The van der Waals surface area contributed by atoms with Gasteiger partial charge in [0.2, 0.25) is 0 Å². The molecule has 0 aromatic carbocycles. The average molecular weight is 375 g/mol. The van der Waals surface area contributed by atoms with Crippen molar-refractivity contribution in [1.29, 1.82) is 0 Å². The van der Waals surface area contributed by atoms with Crippen molar-refractivity contribution in [2.24, 2.45) is 7.05 Å². The van der Waals surface area contributed by atoms with E-state index in [1.54, 1.807) is 10.9 Å². The van der Waals surface area contributed by atoms with Crippen LogP contribution < -0.4 is 5.32 Å². The van der Waals surface area contributed by atoms with Crippen LogP contribution in [-0.4, -0.2) is 36.6 Å². The number of nitrogens with one attached hydrogen (secondary N) is 1. The van der Waals surface area contributed by atoms with E-state index in [2.05, 4.69) is 30.6 Å². The second kappa shape index (κ2) is 7.69. The summed E-state index contributed by atoms with van der Waals surface area (Å²) in [5.41, 5.74) is 4.54. The zero-order valence-electron chi connectivity index (χ0n) is 16.0. The van der Waals surface area contributed by atoms with Crippen molar-refractivity contribution in [2.75, 3.05) is 11.9 Å². The summed E-state index contributed by atoms with van der Waals surface area (Å²) in [6.45, 7) is 4.60. The number of pyridine rings is 2. The number of nitrogens with zero attached hydrogens (tertiary/aromatic N) is 6. The van der Waals surface area contributed by atoms with Crippen molar-refractivity contribution in [3.8, 4) is 11.1 Å². The van der Waals surface area contributed by atoms with Crippen molar-refractivity contribution in [3.05, 3.63) is 54.6 Å². The van der Waals surface area contributed by atoms with E-state index in [1.807, 2.05) is 63.8 Å². The first-order chi connectivity index (χ1) is 13.6. The lowest BCUT2D eigenvalue weighted by Crippen LogP contribution is -2.04. The summed E-state index contributed by atoms with van der Waals surface area (Å²) in [5, 5.41) is 15.6. The normalized spacial score (nSPS) is 12.2. The van der Waals surface area contributed by atoms with E-state index >= 15 is 0 Å². The topological polar surface area (TPSA) is 90.6 Å². The smallest absolute Gasteiger partial charge is 0.154 e. The quantitative estimate of drug-likeness (QED) is 0.550. The Balaban J connectivity index is 1.61. The summed E-state index contributed by atoms with van der Waals surface area (Å²) < 4.78 is 7.39. The molecule has 4 aromatic rings. The van der Waals surface area contributed by atoms with Gasteiger partial charge in [0.1, 0.15) is 5.82 Å². The van der Waals surface area contributed by atoms with Crippen LogP contribution in [-0.2, 0) is 11.8 Å². The fourth-order valence-corrected chi connectivity index (χ4v) is 2.95. The third kappa shape index (κ3) is 3.81. The molecule has 0 aliphatic carbocycles. The number of ether oxygens (including phenoxy) is 1. The predicted octanol–water partition coefficient (Wildman–Crippen LogP) is 3.66. The molecule has 1 N–H and O–H groups in total. The molecule has 142 valence electrons. The molecular formula is C20H21N7O. The monoisotopic (exact) mass is 375 g/mol. The highest BCUT2D eigenvalue weighted by Crippen LogP contribution is 2.24. The minimum atomic E-state index is -0.0446. The second-order valence-electron chi connectivity index (χ2n) is 6.46. The molecule has 0 saturated carbocycles. The molecule has 0 spiro atoms. The van der Waals surface area contributed by atoms with Gasteiger partial charge < -0.3 is 10.1 Å². The number of hydrogen-bond acceptors (Lipinski definition) is 7. The van der Waals surface area contributed by atoms with Crippen molar-refractivity contribution < 1.29 is 4.74 Å². The molecule has 0 amide bonds. The fraction of sp³-hybridized carbons (Fsp3) is 0.250. The molecule has 1 atom stereocenters. The number of fused-ring (bicyclic) bond motifs is 1. The molecule has 0 radical (unpaired) electrons. The van der Waals surface area contributed by atoms with Crippen LogP contribution in [0.25, 0.3) is 22.2 Å². The van der Waals surface area contributed by atoms with Crippen LogP contribution in [0.3, 0.4) is 0 Å². The number of aromatic nitrogens is 6. The van der Waals surface area contributed by atoms with Gasteiger partial charge in [0, 0.05) is 42.7 Å². The average Bonchev–Trinajstić information content (AvgIpc) is 3.14. The number of anilines is 2. The van der Waals surface area contributed by atoms with E-state index in [1.165, 1.54) is 0 Å². The summed E-state index contributed by atoms with van der Waals surface area (Å²) in [6.07, 6.45) is 7.26. The summed E-state index contributed by atoms with van der Waals surface area (Å²) in [6, 6.07) is 7.73. The molecule has 4 aromatic heterocycles. The molecule has 4 heterocycles. The summed E-state index contributed by atoms with van der Waals surface area (Å²) in [5.74, 6) is 1.29. The van der Waals surface area contributed by atoms with E-state index in [-0.39, 0.29) is 6.10 Å². The van der Waals surface area contributed by atoms with Gasteiger partial charge in [-0.1, -0.05) is 0 Å². The van der Waals surface area contributed by atoms with Crippen LogP contribution in [0.2, 0.25) is 0 Å². The molecule has 0 saturated heterocycles. The maximum Gasteiger partial charge on any atom is 0.154 e. The highest BCUT2D eigenvalue weighted by molar-refractivity contribution is 5.81. The predicted molar refractivity (Wildman–Crippen MR) is 107 cm³/mol. The lowest BCUT2D eigenvalue weighted by Gasteiger charge is -2.12. The van der Waals surface area contributed by atoms with Gasteiger partial charge in [-0.05, 0) is 38.1 Å². The summed E-state index contributed by atoms with van der Waals surface area (Å²) >= 11 is 0. The van der Waals surface area contributed by atoms with Crippen LogP contribution in [0.4, 0.5) is 11.6 Å². The first kappa shape index (κ1) is 18.0. The lowest BCUT2D eigenvalue weighted by molar-refractivity contribution is 0.0761. The van der Waals surface area contributed by atoms with Crippen LogP contribution in [0.15, 0.2) is 49.1 Å². The molecule has 1 unspecified atom stereocenters. The van der Waals surface area contributed by atoms with Gasteiger partial charge >= 0.3 is 0 Å². The van der Waals surface area contributed by atoms with E-state index in [0.29, 0.717) is 18.2 Å². The zero-order chi connectivity index (χ0) is 19.5. The molecule has 0 fully saturated rings. The Hall–Kier alpha value is -3.39. The van der Waals surface area contributed by atoms with Crippen LogP contribution in [0.1, 0.15) is 25.5 Å². The Labute approximate surface area is 162 Å². The highest BCUT2D eigenvalue weighted by Gasteiger charge is 2.09. The summed E-state index contributed by atoms with van der Waals surface area (Å²) in [7, 11) is 1.89. The third-order valence-electron chi connectivity index (χ3n) is 4.39. The van der Waals surface area contributed by atoms with Gasteiger partial charge in [0.05, 0.1) is 29.5 Å². The van der Waals surface area contributed by atoms with Crippen LogP contribution in [0, 0.1) is 0 Å². The molecule has 8 nitrogen and oxygen atoms in total. The molecule has 8 heteroatoms. The minimum absolute atomic E-state index is 0.0446. The van der Waals surface area contributed by atoms with E-state index in [4.69, 9.17) is 4.74 Å². The molecule has 0 aliphatic heterocycles. The molecule has 28 heavy (non-hydrogen) atoms. The van der Waals surface area contributed by atoms with Crippen molar-refractivity contribution in [2.45, 2.75) is 20.0 Å². The Morgan fingerprint density at radius 2 is 1.96 bits per heavy atom. The first-order valence-corrected chi connectivity index (χ1v) is 9.09. The Kier molecular flexibility index (Phi) is 4.94. The molecule has 4 rings (SSSR count). The van der Waals surface area contributed by atoms with Crippen molar-refractivity contribution >= 4 is 22.7 Å². The van der Waals surface area contributed by atoms with Gasteiger partial charge in [-0.15, -0.1) is 5.10 Å². The Morgan fingerprint density at radius 1 is 1.07 bits per heavy atom. The van der Waals surface area contributed by atoms with Gasteiger partial charge in [-0.25, -0.2) is 4.98 Å². The number of hydrogen-bond donors (Lipinski definition) is 1. The van der Waals surface area contributed by atoms with Crippen molar-refractivity contribution in [3.63, 3.8) is 0 Å². The third-order valence-corrected chi connectivity index (χ3v) is 4.39. The largest absolute Gasteiger partial charge is 0.374 e. The SMILES string of the molecule is CCOC(C)c1cnnc(Nc2ccc3ncc(-c4cnn(C)c4)cc3n2)c1. The van der Waals surface area contributed by atoms with Gasteiger partial charge in [0.25, 0.3) is 0 Å². The van der Waals surface area contributed by atoms with Crippen LogP contribution >= 0.6 is 0 Å². The highest BCUT2D eigenvalue weighted by atomic mass is 16.5. The summed E-state index contributed by atoms with van der Waals surface area (Å²) in [4.78, 5) is 9.18. The Bertz CT molecular complexity index is 1110. The van der Waals surface area contributed by atoms with Gasteiger partial charge in [-0.2, -0.15) is 10.2 Å². The number of rotatable bonds is 6. The number of aryl methyl sites for hydroxylation is 1.